The first-order chi connectivity index (χ1) is 14.3. The highest BCUT2D eigenvalue weighted by Crippen LogP contribution is 2.21. The summed E-state index contributed by atoms with van der Waals surface area (Å²) in [5.74, 6) is 1.16. The minimum absolute atomic E-state index is 0.136. The number of carbonyl (C=O) groups excluding carboxylic acids is 1. The van der Waals surface area contributed by atoms with Crippen LogP contribution < -0.4 is 14.5 Å². The highest BCUT2D eigenvalue weighted by molar-refractivity contribution is 5.95. The quantitative estimate of drug-likeness (QED) is 0.570. The van der Waals surface area contributed by atoms with Crippen molar-refractivity contribution >= 4 is 17.4 Å². The number of amides is 1. The molecule has 0 unspecified atom stereocenters. The van der Waals surface area contributed by atoms with Crippen molar-refractivity contribution in [2.24, 2.45) is 0 Å². The Hall–Kier alpha value is -3.34. The summed E-state index contributed by atoms with van der Waals surface area (Å²) >= 11 is 0. The van der Waals surface area contributed by atoms with Crippen molar-refractivity contribution < 1.29 is 9.53 Å². The summed E-state index contributed by atoms with van der Waals surface area (Å²) in [6, 6.07) is 19.6. The summed E-state index contributed by atoms with van der Waals surface area (Å²) in [5.41, 5.74) is 4.46. The van der Waals surface area contributed by atoms with E-state index in [1.165, 1.54) is 5.56 Å². The number of rotatable bonds is 7. The first kappa shape index (κ1) is 21.4. The smallest absolute Gasteiger partial charge is 0.269 e. The number of aromatic nitrogens is 1. The molecule has 156 valence electrons. The van der Waals surface area contributed by atoms with E-state index in [1.807, 2.05) is 86.6 Å². The SMILES string of the molecule is Cc1ccc(O[C@@H](C)C(=O)N(Cc2ccc(N(C)C)cc2)c2ccccn2)cc1C. The molecule has 2 aromatic carbocycles. The maximum absolute atomic E-state index is 13.3. The second-order valence-corrected chi connectivity index (χ2v) is 7.68. The molecule has 30 heavy (non-hydrogen) atoms. The van der Waals surface area contributed by atoms with E-state index in [0.717, 1.165) is 16.8 Å². The van der Waals surface area contributed by atoms with Gasteiger partial charge in [0.25, 0.3) is 5.91 Å². The normalized spacial score (nSPS) is 11.6. The monoisotopic (exact) mass is 403 g/mol. The average Bonchev–Trinajstić information content (AvgIpc) is 2.75. The van der Waals surface area contributed by atoms with Gasteiger partial charge < -0.3 is 9.64 Å². The predicted octanol–water partition coefficient (Wildman–Crippen LogP) is 4.77. The van der Waals surface area contributed by atoms with Crippen LogP contribution in [0.2, 0.25) is 0 Å². The Kier molecular flexibility index (Phi) is 6.72. The van der Waals surface area contributed by atoms with Crippen LogP contribution in [0.4, 0.5) is 11.5 Å². The lowest BCUT2D eigenvalue weighted by Gasteiger charge is -2.26. The van der Waals surface area contributed by atoms with Crippen LogP contribution in [0.15, 0.2) is 66.9 Å². The Labute approximate surface area is 178 Å². The number of nitrogens with zero attached hydrogens (tertiary/aromatic N) is 3. The van der Waals surface area contributed by atoms with Gasteiger partial charge in [-0.3, -0.25) is 9.69 Å². The molecule has 3 rings (SSSR count). The minimum Gasteiger partial charge on any atom is -0.481 e. The number of pyridine rings is 1. The Balaban J connectivity index is 1.82. The molecule has 1 amide bonds. The molecule has 0 aliphatic rings. The van der Waals surface area contributed by atoms with Gasteiger partial charge in [0, 0.05) is 26.0 Å². The zero-order valence-electron chi connectivity index (χ0n) is 18.3. The lowest BCUT2D eigenvalue weighted by molar-refractivity contribution is -0.124. The maximum Gasteiger partial charge on any atom is 0.269 e. The van der Waals surface area contributed by atoms with Gasteiger partial charge in [-0.05, 0) is 73.9 Å². The van der Waals surface area contributed by atoms with E-state index in [2.05, 4.69) is 11.9 Å². The summed E-state index contributed by atoms with van der Waals surface area (Å²) in [6.07, 6.45) is 1.05. The third-order valence-corrected chi connectivity index (χ3v) is 5.12. The fourth-order valence-corrected chi connectivity index (χ4v) is 3.13. The highest BCUT2D eigenvalue weighted by atomic mass is 16.5. The topological polar surface area (TPSA) is 45.7 Å². The number of aryl methyl sites for hydroxylation is 2. The van der Waals surface area contributed by atoms with Gasteiger partial charge in [0.1, 0.15) is 11.6 Å². The molecule has 0 saturated heterocycles. The molecule has 5 nitrogen and oxygen atoms in total. The molecule has 5 heteroatoms. The van der Waals surface area contributed by atoms with Gasteiger partial charge in [-0.2, -0.15) is 0 Å². The first-order valence-electron chi connectivity index (χ1n) is 10.1. The standard InChI is InChI=1S/C25H29N3O2/c1-18-9-14-23(16-19(18)2)30-20(3)25(29)28(24-8-6-7-15-26-24)17-21-10-12-22(13-11-21)27(4)5/h6-16,20H,17H2,1-5H3/t20-/m0/s1. The fraction of sp³-hybridized carbons (Fsp3) is 0.280. The van der Waals surface area contributed by atoms with E-state index in [9.17, 15) is 4.79 Å². The number of hydrogen-bond donors (Lipinski definition) is 0. The van der Waals surface area contributed by atoms with Crippen LogP contribution >= 0.6 is 0 Å². The fourth-order valence-electron chi connectivity index (χ4n) is 3.13. The van der Waals surface area contributed by atoms with Crippen LogP contribution in [-0.2, 0) is 11.3 Å². The molecule has 0 spiro atoms. The molecule has 1 aromatic heterocycles. The van der Waals surface area contributed by atoms with Crippen molar-refractivity contribution in [3.8, 4) is 5.75 Å². The highest BCUT2D eigenvalue weighted by Gasteiger charge is 2.25. The Morgan fingerprint density at radius 2 is 1.73 bits per heavy atom. The van der Waals surface area contributed by atoms with Gasteiger partial charge in [-0.25, -0.2) is 4.98 Å². The molecule has 1 atom stereocenters. The third kappa shape index (κ3) is 5.17. The molecule has 0 aliphatic carbocycles. The summed E-state index contributed by atoms with van der Waals surface area (Å²) in [4.78, 5) is 21.5. The maximum atomic E-state index is 13.3. The van der Waals surface area contributed by atoms with Gasteiger partial charge in [0.2, 0.25) is 0 Å². The molecule has 0 bridgehead atoms. The molecule has 1 heterocycles. The Morgan fingerprint density at radius 3 is 2.33 bits per heavy atom. The van der Waals surface area contributed by atoms with Crippen molar-refractivity contribution in [1.82, 2.24) is 4.98 Å². The Morgan fingerprint density at radius 1 is 1.00 bits per heavy atom. The number of ether oxygens (including phenoxy) is 1. The van der Waals surface area contributed by atoms with Crippen molar-refractivity contribution in [2.45, 2.75) is 33.4 Å². The van der Waals surface area contributed by atoms with Crippen molar-refractivity contribution in [1.29, 1.82) is 0 Å². The van der Waals surface area contributed by atoms with E-state index in [1.54, 1.807) is 18.0 Å². The van der Waals surface area contributed by atoms with E-state index in [4.69, 9.17) is 4.74 Å². The van der Waals surface area contributed by atoms with Crippen molar-refractivity contribution in [2.75, 3.05) is 23.9 Å². The Bertz CT molecular complexity index is 985. The molecule has 0 radical (unpaired) electrons. The van der Waals surface area contributed by atoms with Crippen LogP contribution in [0, 0.1) is 13.8 Å². The third-order valence-electron chi connectivity index (χ3n) is 5.12. The van der Waals surface area contributed by atoms with Crippen LogP contribution in [-0.4, -0.2) is 31.1 Å². The van der Waals surface area contributed by atoms with Crippen molar-refractivity contribution in [3.63, 3.8) is 0 Å². The number of hydrogen-bond acceptors (Lipinski definition) is 4. The van der Waals surface area contributed by atoms with Crippen LogP contribution in [0.3, 0.4) is 0 Å². The van der Waals surface area contributed by atoms with E-state index in [-0.39, 0.29) is 5.91 Å². The minimum atomic E-state index is -0.643. The first-order valence-corrected chi connectivity index (χ1v) is 10.1. The zero-order valence-corrected chi connectivity index (χ0v) is 18.3. The molecule has 3 aromatic rings. The van der Waals surface area contributed by atoms with Crippen LogP contribution in [0.25, 0.3) is 0 Å². The molecule has 0 aliphatic heterocycles. The van der Waals surface area contributed by atoms with E-state index >= 15 is 0 Å². The summed E-state index contributed by atoms with van der Waals surface area (Å²) in [7, 11) is 4.01. The van der Waals surface area contributed by atoms with Gasteiger partial charge in [0.15, 0.2) is 6.10 Å². The van der Waals surface area contributed by atoms with E-state index in [0.29, 0.717) is 18.1 Å². The summed E-state index contributed by atoms with van der Waals surface area (Å²) < 4.78 is 5.98. The van der Waals surface area contributed by atoms with Crippen molar-refractivity contribution in [3.05, 3.63) is 83.6 Å². The zero-order chi connectivity index (χ0) is 21.7. The lowest BCUT2D eigenvalue weighted by atomic mass is 10.1. The molecular formula is C25H29N3O2. The summed E-state index contributed by atoms with van der Waals surface area (Å²) in [5, 5.41) is 0. The van der Waals surface area contributed by atoms with Gasteiger partial charge in [0.05, 0.1) is 6.54 Å². The lowest BCUT2D eigenvalue weighted by Crippen LogP contribution is -2.40. The second kappa shape index (κ2) is 9.44. The van der Waals surface area contributed by atoms with Gasteiger partial charge in [-0.1, -0.05) is 24.3 Å². The average molecular weight is 404 g/mol. The number of anilines is 2. The van der Waals surface area contributed by atoms with Crippen LogP contribution in [0.1, 0.15) is 23.6 Å². The number of benzene rings is 2. The molecule has 0 saturated carbocycles. The largest absolute Gasteiger partial charge is 0.481 e. The van der Waals surface area contributed by atoms with Gasteiger partial charge >= 0.3 is 0 Å². The van der Waals surface area contributed by atoms with Gasteiger partial charge in [-0.15, -0.1) is 0 Å². The summed E-state index contributed by atoms with van der Waals surface area (Å²) in [6.45, 7) is 6.29. The molecule has 0 N–H and O–H groups in total. The molecular weight excluding hydrogens is 374 g/mol. The second-order valence-electron chi connectivity index (χ2n) is 7.68. The van der Waals surface area contributed by atoms with Crippen LogP contribution in [0.5, 0.6) is 5.75 Å². The van der Waals surface area contributed by atoms with E-state index < -0.39 is 6.10 Å². The predicted molar refractivity (Wildman–Crippen MR) is 122 cm³/mol. The molecule has 0 fully saturated rings. The number of carbonyl (C=O) groups is 1.